The maximum atomic E-state index is 11.9. The molecule has 2 heterocycles. The average molecular weight is 435 g/mol. The van der Waals surface area contributed by atoms with Gasteiger partial charge in [-0.25, -0.2) is 0 Å². The van der Waals surface area contributed by atoms with Crippen LogP contribution in [0.15, 0.2) is 48.0 Å². The Bertz CT molecular complexity index is 977. The van der Waals surface area contributed by atoms with E-state index in [0.29, 0.717) is 24.8 Å². The largest absolute Gasteiger partial charge is 0.490 e. The lowest BCUT2D eigenvalue weighted by Crippen LogP contribution is -2.40. The molecule has 0 unspecified atom stereocenters. The predicted octanol–water partition coefficient (Wildman–Crippen LogP) is 3.83. The van der Waals surface area contributed by atoms with Gasteiger partial charge in [0.05, 0.1) is 0 Å². The first kappa shape index (κ1) is 22.6. The molecule has 2 N–H and O–H groups in total. The number of carbonyl (C=O) groups is 1. The summed E-state index contributed by atoms with van der Waals surface area (Å²) in [4.78, 5) is 14.2. The zero-order valence-corrected chi connectivity index (χ0v) is 19.1. The van der Waals surface area contributed by atoms with E-state index < -0.39 is 6.10 Å². The summed E-state index contributed by atoms with van der Waals surface area (Å²) in [6.45, 7) is 7.87. The standard InChI is InChI=1S/C27H34N2O3/c1-19-7-8-22(15-20(19)2)21-10-13-29(14-11-21)17-25(30)18-32-26-6-4-3-5-23(26)16-24-9-12-28-27(24)31/h3-8,15-16,21,25,30H,9-14,17-18H2,1-2H3,(H,28,31)/b24-16-/t25-/m0/s1. The Labute approximate surface area is 191 Å². The number of nitrogens with one attached hydrogen (secondary N) is 1. The van der Waals surface area contributed by atoms with Crippen LogP contribution < -0.4 is 10.1 Å². The Balaban J connectivity index is 1.27. The van der Waals surface area contributed by atoms with E-state index in [4.69, 9.17) is 4.74 Å². The highest BCUT2D eigenvalue weighted by Gasteiger charge is 2.23. The summed E-state index contributed by atoms with van der Waals surface area (Å²) in [5, 5.41) is 13.4. The maximum absolute atomic E-state index is 11.9. The molecule has 1 atom stereocenters. The number of hydrogen-bond donors (Lipinski definition) is 2. The molecule has 0 saturated carbocycles. The molecule has 0 aromatic heterocycles. The Hall–Kier alpha value is -2.63. The summed E-state index contributed by atoms with van der Waals surface area (Å²) in [5.74, 6) is 1.29. The van der Waals surface area contributed by atoms with Gasteiger partial charge in [0.15, 0.2) is 0 Å². The first-order valence-corrected chi connectivity index (χ1v) is 11.7. The predicted molar refractivity (Wildman–Crippen MR) is 128 cm³/mol. The summed E-state index contributed by atoms with van der Waals surface area (Å²) in [6, 6.07) is 14.5. The third-order valence-electron chi connectivity index (χ3n) is 6.71. The maximum Gasteiger partial charge on any atom is 0.247 e. The van der Waals surface area contributed by atoms with Crippen LogP contribution in [0, 0.1) is 13.8 Å². The zero-order valence-electron chi connectivity index (χ0n) is 19.1. The number of ether oxygens (including phenoxy) is 1. The van der Waals surface area contributed by atoms with Crippen LogP contribution in [0.4, 0.5) is 0 Å². The lowest BCUT2D eigenvalue weighted by Gasteiger charge is -2.33. The summed E-state index contributed by atoms with van der Waals surface area (Å²) in [6.07, 6.45) is 4.31. The van der Waals surface area contributed by atoms with Gasteiger partial charge in [0.25, 0.3) is 0 Å². The van der Waals surface area contributed by atoms with Gasteiger partial charge < -0.3 is 20.1 Å². The van der Waals surface area contributed by atoms with Gasteiger partial charge in [0.1, 0.15) is 18.5 Å². The molecule has 4 rings (SSSR count). The number of aryl methyl sites for hydroxylation is 2. The van der Waals surface area contributed by atoms with Crippen LogP contribution in [0.3, 0.4) is 0 Å². The number of rotatable bonds is 7. The Morgan fingerprint density at radius 1 is 1.16 bits per heavy atom. The third-order valence-corrected chi connectivity index (χ3v) is 6.71. The van der Waals surface area contributed by atoms with E-state index >= 15 is 0 Å². The van der Waals surface area contributed by atoms with Crippen LogP contribution in [0.2, 0.25) is 0 Å². The molecule has 2 saturated heterocycles. The lowest BCUT2D eigenvalue weighted by atomic mass is 9.88. The first-order chi connectivity index (χ1) is 15.5. The average Bonchev–Trinajstić information content (AvgIpc) is 3.20. The molecule has 0 bridgehead atoms. The fourth-order valence-corrected chi connectivity index (χ4v) is 4.60. The number of amides is 1. The topological polar surface area (TPSA) is 61.8 Å². The van der Waals surface area contributed by atoms with Crippen LogP contribution in [-0.4, -0.2) is 54.8 Å². The van der Waals surface area contributed by atoms with Crippen LogP contribution in [-0.2, 0) is 4.79 Å². The molecule has 0 radical (unpaired) electrons. The van der Waals surface area contributed by atoms with E-state index in [1.807, 2.05) is 30.3 Å². The lowest BCUT2D eigenvalue weighted by molar-refractivity contribution is -0.116. The highest BCUT2D eigenvalue weighted by molar-refractivity contribution is 6.00. The van der Waals surface area contributed by atoms with E-state index in [-0.39, 0.29) is 12.5 Å². The second-order valence-corrected chi connectivity index (χ2v) is 9.10. The Morgan fingerprint density at radius 2 is 1.94 bits per heavy atom. The second kappa shape index (κ2) is 10.3. The van der Waals surface area contributed by atoms with Gasteiger partial charge in [-0.05, 0) is 81.0 Å². The Kier molecular flexibility index (Phi) is 7.28. The minimum absolute atomic E-state index is 0.0101. The van der Waals surface area contributed by atoms with Crippen molar-refractivity contribution in [3.63, 3.8) is 0 Å². The van der Waals surface area contributed by atoms with Crippen molar-refractivity contribution in [2.45, 2.75) is 45.1 Å². The summed E-state index contributed by atoms with van der Waals surface area (Å²) < 4.78 is 5.95. The number of hydrogen-bond acceptors (Lipinski definition) is 4. The van der Waals surface area contributed by atoms with E-state index in [1.165, 1.54) is 16.7 Å². The van der Waals surface area contributed by atoms with Gasteiger partial charge in [-0.15, -0.1) is 0 Å². The highest BCUT2D eigenvalue weighted by Crippen LogP contribution is 2.29. The molecule has 32 heavy (non-hydrogen) atoms. The number of aliphatic hydroxyl groups excluding tert-OH is 1. The van der Waals surface area contributed by atoms with Crippen LogP contribution in [0.25, 0.3) is 6.08 Å². The van der Waals surface area contributed by atoms with Crippen molar-refractivity contribution >= 4 is 12.0 Å². The van der Waals surface area contributed by atoms with E-state index in [0.717, 1.165) is 43.5 Å². The summed E-state index contributed by atoms with van der Waals surface area (Å²) in [7, 11) is 0. The molecule has 170 valence electrons. The molecule has 0 spiro atoms. The van der Waals surface area contributed by atoms with E-state index in [9.17, 15) is 9.90 Å². The van der Waals surface area contributed by atoms with Gasteiger partial charge in [-0.3, -0.25) is 4.79 Å². The molecule has 5 heteroatoms. The van der Waals surface area contributed by atoms with Gasteiger partial charge in [0.2, 0.25) is 5.91 Å². The minimum Gasteiger partial charge on any atom is -0.490 e. The first-order valence-electron chi connectivity index (χ1n) is 11.7. The summed E-state index contributed by atoms with van der Waals surface area (Å²) >= 11 is 0. The monoisotopic (exact) mass is 434 g/mol. The number of nitrogens with zero attached hydrogens (tertiary/aromatic N) is 1. The molecule has 2 aliphatic heterocycles. The van der Waals surface area contributed by atoms with E-state index in [2.05, 4.69) is 42.3 Å². The second-order valence-electron chi connectivity index (χ2n) is 9.10. The van der Waals surface area contributed by atoms with Crippen molar-refractivity contribution in [1.29, 1.82) is 0 Å². The fraction of sp³-hybridized carbons (Fsp3) is 0.444. The Morgan fingerprint density at radius 3 is 2.66 bits per heavy atom. The number of likely N-dealkylation sites (tertiary alicyclic amines) is 1. The molecule has 5 nitrogen and oxygen atoms in total. The number of benzene rings is 2. The molecule has 2 fully saturated rings. The molecule has 2 aromatic carbocycles. The number of β-amino-alcohol motifs (C(OH)–C–C–N with tert-alkyl or cyclic N) is 1. The van der Waals surface area contributed by atoms with Crippen molar-refractivity contribution < 1.29 is 14.6 Å². The zero-order chi connectivity index (χ0) is 22.5. The number of piperidine rings is 1. The molecule has 1 amide bonds. The highest BCUT2D eigenvalue weighted by atomic mass is 16.5. The van der Waals surface area contributed by atoms with Crippen LogP contribution in [0.1, 0.15) is 47.4 Å². The molecular formula is C27H34N2O3. The van der Waals surface area contributed by atoms with Gasteiger partial charge in [0, 0.05) is 24.2 Å². The quantitative estimate of drug-likeness (QED) is 0.651. The smallest absolute Gasteiger partial charge is 0.247 e. The van der Waals surface area contributed by atoms with Crippen LogP contribution >= 0.6 is 0 Å². The van der Waals surface area contributed by atoms with Gasteiger partial charge >= 0.3 is 0 Å². The van der Waals surface area contributed by atoms with Crippen molar-refractivity contribution in [2.24, 2.45) is 0 Å². The van der Waals surface area contributed by atoms with Crippen molar-refractivity contribution in [3.8, 4) is 5.75 Å². The molecule has 2 aliphatic rings. The van der Waals surface area contributed by atoms with Crippen molar-refractivity contribution in [1.82, 2.24) is 10.2 Å². The number of carbonyl (C=O) groups excluding carboxylic acids is 1. The molecule has 0 aliphatic carbocycles. The number of aliphatic hydroxyl groups is 1. The summed E-state index contributed by atoms with van der Waals surface area (Å²) in [5.41, 5.74) is 5.80. The molecular weight excluding hydrogens is 400 g/mol. The molecule has 2 aromatic rings. The van der Waals surface area contributed by atoms with E-state index in [1.54, 1.807) is 0 Å². The SMILES string of the molecule is Cc1ccc(C2CCN(C[C@H](O)COc3ccccc3/C=C3/CCNC3=O)CC2)cc1C. The van der Waals surface area contributed by atoms with Crippen molar-refractivity contribution in [2.75, 3.05) is 32.8 Å². The normalized spacial score (nSPS) is 19.8. The number of para-hydroxylation sites is 1. The van der Waals surface area contributed by atoms with Gasteiger partial charge in [-0.2, -0.15) is 0 Å². The minimum atomic E-state index is -0.552. The van der Waals surface area contributed by atoms with Crippen LogP contribution in [0.5, 0.6) is 5.75 Å². The van der Waals surface area contributed by atoms with Gasteiger partial charge in [-0.1, -0.05) is 36.4 Å². The fourth-order valence-electron chi connectivity index (χ4n) is 4.60. The third kappa shape index (κ3) is 5.59. The van der Waals surface area contributed by atoms with Crippen molar-refractivity contribution in [3.05, 3.63) is 70.3 Å².